The molecule has 1 aliphatic rings. The Morgan fingerprint density at radius 2 is 1.83 bits per heavy atom. The van der Waals surface area contributed by atoms with Crippen LogP contribution in [0.15, 0.2) is 24.3 Å². The van der Waals surface area contributed by atoms with Crippen LogP contribution >= 0.6 is 0 Å². The van der Waals surface area contributed by atoms with Crippen LogP contribution < -0.4 is 4.74 Å². The Bertz CT molecular complexity index is 522. The second kappa shape index (κ2) is 9.35. The number of carbonyl (C=O) groups excluding carboxylic acids is 1. The Labute approximate surface area is 139 Å². The number of esters is 1. The minimum Gasteiger partial charge on any atom is -0.426 e. The fourth-order valence-corrected chi connectivity index (χ4v) is 3.34. The molecule has 0 aromatic heterocycles. The molecule has 3 nitrogen and oxygen atoms in total. The number of unbranched alkanes of at least 4 members (excludes halogenated alkanes) is 3. The van der Waals surface area contributed by atoms with E-state index < -0.39 is 0 Å². The van der Waals surface area contributed by atoms with Crippen molar-refractivity contribution >= 4 is 5.97 Å². The summed E-state index contributed by atoms with van der Waals surface area (Å²) in [5.74, 6) is 1.26. The Kier molecular flexibility index (Phi) is 7.13. The van der Waals surface area contributed by atoms with Crippen molar-refractivity contribution in [3.8, 4) is 11.8 Å². The van der Waals surface area contributed by atoms with Gasteiger partial charge in [0.2, 0.25) is 0 Å². The van der Waals surface area contributed by atoms with Crippen LogP contribution in [0.5, 0.6) is 5.75 Å². The lowest BCUT2D eigenvalue weighted by atomic mass is 9.80. The standard InChI is InChI=1S/C20H27NO2/c1-2-3-4-5-6-16-7-11-18(12-8-16)20(22)23-19-13-9-17(15-21)10-14-19/h9-10,13-14,16,18H,2-8,11-12H2,1H3. The fourth-order valence-electron chi connectivity index (χ4n) is 3.34. The van der Waals surface area contributed by atoms with Gasteiger partial charge in [-0.3, -0.25) is 4.79 Å². The first-order chi connectivity index (χ1) is 11.2. The molecule has 0 saturated heterocycles. The SMILES string of the molecule is CCCCCCC1CCC(C(=O)Oc2ccc(C#N)cc2)CC1. The molecular weight excluding hydrogens is 286 g/mol. The van der Waals surface area contributed by atoms with Crippen LogP contribution in [0.25, 0.3) is 0 Å². The van der Waals surface area contributed by atoms with Crippen LogP contribution in [0.2, 0.25) is 0 Å². The maximum absolute atomic E-state index is 12.2. The molecule has 0 bridgehead atoms. The van der Waals surface area contributed by atoms with Crippen LogP contribution in [0.3, 0.4) is 0 Å². The van der Waals surface area contributed by atoms with E-state index in [-0.39, 0.29) is 11.9 Å². The third kappa shape index (κ3) is 5.71. The zero-order valence-corrected chi connectivity index (χ0v) is 14.1. The smallest absolute Gasteiger partial charge is 0.314 e. The van der Waals surface area contributed by atoms with Crippen LogP contribution in [-0.4, -0.2) is 5.97 Å². The predicted octanol–water partition coefficient (Wildman–Crippen LogP) is 5.24. The molecule has 0 heterocycles. The second-order valence-electron chi connectivity index (χ2n) is 6.62. The van der Waals surface area contributed by atoms with Gasteiger partial charge in [0.15, 0.2) is 0 Å². The molecule has 2 rings (SSSR count). The highest BCUT2D eigenvalue weighted by Gasteiger charge is 2.27. The van der Waals surface area contributed by atoms with Crippen LogP contribution in [0, 0.1) is 23.2 Å². The van der Waals surface area contributed by atoms with Crippen molar-refractivity contribution in [3.63, 3.8) is 0 Å². The van der Waals surface area contributed by atoms with Crippen molar-refractivity contribution in [2.45, 2.75) is 64.7 Å². The van der Waals surface area contributed by atoms with Gasteiger partial charge in [0.05, 0.1) is 17.6 Å². The van der Waals surface area contributed by atoms with E-state index in [9.17, 15) is 4.79 Å². The highest BCUT2D eigenvalue weighted by molar-refractivity contribution is 5.75. The summed E-state index contributed by atoms with van der Waals surface area (Å²) in [4.78, 5) is 12.2. The van der Waals surface area contributed by atoms with Gasteiger partial charge in [0.25, 0.3) is 0 Å². The van der Waals surface area contributed by atoms with Crippen molar-refractivity contribution in [2.24, 2.45) is 11.8 Å². The van der Waals surface area contributed by atoms with E-state index in [0.717, 1.165) is 31.6 Å². The lowest BCUT2D eigenvalue weighted by Crippen LogP contribution is -2.25. The largest absolute Gasteiger partial charge is 0.426 e. The molecule has 0 radical (unpaired) electrons. The van der Waals surface area contributed by atoms with E-state index in [1.807, 2.05) is 0 Å². The highest BCUT2D eigenvalue weighted by Crippen LogP contribution is 2.33. The molecule has 0 unspecified atom stereocenters. The minimum atomic E-state index is -0.112. The first-order valence-electron chi connectivity index (χ1n) is 8.94. The number of nitrogens with zero attached hydrogens (tertiary/aromatic N) is 1. The maximum atomic E-state index is 12.2. The minimum absolute atomic E-state index is 0.0394. The molecule has 3 heteroatoms. The van der Waals surface area contributed by atoms with E-state index in [1.165, 1.54) is 32.1 Å². The Morgan fingerprint density at radius 3 is 2.43 bits per heavy atom. The first kappa shape index (κ1) is 17.5. The molecule has 0 spiro atoms. The van der Waals surface area contributed by atoms with Crippen LogP contribution in [-0.2, 0) is 4.79 Å². The molecule has 0 aliphatic heterocycles. The van der Waals surface area contributed by atoms with Crippen molar-refractivity contribution in [2.75, 3.05) is 0 Å². The van der Waals surface area contributed by atoms with Gasteiger partial charge in [-0.15, -0.1) is 0 Å². The number of hydrogen-bond acceptors (Lipinski definition) is 3. The normalized spacial score (nSPS) is 20.7. The van der Waals surface area contributed by atoms with Crippen molar-refractivity contribution in [3.05, 3.63) is 29.8 Å². The monoisotopic (exact) mass is 313 g/mol. The number of hydrogen-bond donors (Lipinski definition) is 0. The fraction of sp³-hybridized carbons (Fsp3) is 0.600. The Hall–Kier alpha value is -1.82. The molecular formula is C20H27NO2. The number of rotatable bonds is 7. The van der Waals surface area contributed by atoms with Crippen molar-refractivity contribution in [1.82, 2.24) is 0 Å². The molecule has 0 atom stereocenters. The lowest BCUT2D eigenvalue weighted by Gasteiger charge is -2.27. The Morgan fingerprint density at radius 1 is 1.13 bits per heavy atom. The van der Waals surface area contributed by atoms with Gasteiger partial charge < -0.3 is 4.74 Å². The molecule has 1 fully saturated rings. The molecule has 0 amide bonds. The average molecular weight is 313 g/mol. The van der Waals surface area contributed by atoms with Crippen molar-refractivity contribution in [1.29, 1.82) is 5.26 Å². The molecule has 1 aromatic carbocycles. The van der Waals surface area contributed by atoms with E-state index in [0.29, 0.717) is 11.3 Å². The second-order valence-corrected chi connectivity index (χ2v) is 6.62. The summed E-state index contributed by atoms with van der Waals surface area (Å²) >= 11 is 0. The molecule has 124 valence electrons. The van der Waals surface area contributed by atoms with Gasteiger partial charge in [0.1, 0.15) is 5.75 Å². The number of carbonyl (C=O) groups is 1. The van der Waals surface area contributed by atoms with Crippen LogP contribution in [0.4, 0.5) is 0 Å². The first-order valence-corrected chi connectivity index (χ1v) is 8.94. The van der Waals surface area contributed by atoms with Crippen molar-refractivity contribution < 1.29 is 9.53 Å². The summed E-state index contributed by atoms with van der Waals surface area (Å²) in [6, 6.07) is 8.79. The molecule has 0 N–H and O–H groups in total. The van der Waals surface area contributed by atoms with Crippen LogP contribution in [0.1, 0.15) is 70.3 Å². The number of nitriles is 1. The third-order valence-corrected chi connectivity index (χ3v) is 4.85. The van der Waals surface area contributed by atoms with E-state index in [1.54, 1.807) is 24.3 Å². The average Bonchev–Trinajstić information content (AvgIpc) is 2.60. The van der Waals surface area contributed by atoms with E-state index >= 15 is 0 Å². The summed E-state index contributed by atoms with van der Waals surface area (Å²) in [5, 5.41) is 8.77. The van der Waals surface area contributed by atoms with E-state index in [2.05, 4.69) is 13.0 Å². The van der Waals surface area contributed by atoms with Gasteiger partial charge in [0, 0.05) is 0 Å². The van der Waals surface area contributed by atoms with Gasteiger partial charge in [-0.25, -0.2) is 0 Å². The Balaban J connectivity index is 1.71. The molecule has 23 heavy (non-hydrogen) atoms. The summed E-state index contributed by atoms with van der Waals surface area (Å²) < 4.78 is 5.45. The summed E-state index contributed by atoms with van der Waals surface area (Å²) in [6.07, 6.45) is 10.8. The van der Waals surface area contributed by atoms with Gasteiger partial charge in [-0.2, -0.15) is 5.26 Å². The van der Waals surface area contributed by atoms with Gasteiger partial charge in [-0.05, 0) is 55.9 Å². The predicted molar refractivity (Wildman–Crippen MR) is 91.0 cm³/mol. The van der Waals surface area contributed by atoms with E-state index in [4.69, 9.17) is 10.00 Å². The molecule has 1 saturated carbocycles. The number of benzene rings is 1. The zero-order valence-electron chi connectivity index (χ0n) is 14.1. The lowest BCUT2D eigenvalue weighted by molar-refractivity contribution is -0.140. The quantitative estimate of drug-likeness (QED) is 0.393. The van der Waals surface area contributed by atoms with Gasteiger partial charge in [-0.1, -0.05) is 39.0 Å². The summed E-state index contributed by atoms with van der Waals surface area (Å²) in [5.41, 5.74) is 0.577. The highest BCUT2D eigenvalue weighted by atomic mass is 16.5. The van der Waals surface area contributed by atoms with Gasteiger partial charge >= 0.3 is 5.97 Å². The topological polar surface area (TPSA) is 50.1 Å². The third-order valence-electron chi connectivity index (χ3n) is 4.85. The molecule has 1 aromatic rings. The summed E-state index contributed by atoms with van der Waals surface area (Å²) in [6.45, 7) is 2.24. The zero-order chi connectivity index (χ0) is 16.5. The maximum Gasteiger partial charge on any atom is 0.314 e. The molecule has 1 aliphatic carbocycles. The summed E-state index contributed by atoms with van der Waals surface area (Å²) in [7, 11) is 0. The number of ether oxygens (including phenoxy) is 1.